The molecule has 3 rings (SSSR count). The third-order valence-electron chi connectivity index (χ3n) is 4.33. The van der Waals surface area contributed by atoms with Crippen LogP contribution in [0.2, 0.25) is 0 Å². The highest BCUT2D eigenvalue weighted by Gasteiger charge is 2.18. The van der Waals surface area contributed by atoms with Gasteiger partial charge in [0.25, 0.3) is 0 Å². The number of nitrogens with zero attached hydrogens (tertiary/aromatic N) is 2. The first-order valence-corrected chi connectivity index (χ1v) is 10.4. The van der Waals surface area contributed by atoms with Crippen LogP contribution < -0.4 is 4.90 Å². The zero-order valence-electron chi connectivity index (χ0n) is 14.9. The minimum Gasteiger partial charge on any atom is -0.506 e. The summed E-state index contributed by atoms with van der Waals surface area (Å²) in [4.78, 5) is 19.0. The first-order valence-electron chi connectivity index (χ1n) is 8.77. The molecule has 0 bridgehead atoms. The van der Waals surface area contributed by atoms with Crippen LogP contribution in [-0.2, 0) is 4.74 Å². The summed E-state index contributed by atoms with van der Waals surface area (Å²) in [6.07, 6.45) is 3.89. The van der Waals surface area contributed by atoms with Gasteiger partial charge in [0.1, 0.15) is 5.75 Å². The molecular formula is C20H20Br2N2O3. The molecule has 142 valence electrons. The zero-order valence-corrected chi connectivity index (χ0v) is 18.1. The lowest BCUT2D eigenvalue weighted by Gasteiger charge is -2.20. The fourth-order valence-corrected chi connectivity index (χ4v) is 4.28. The Hall–Kier alpha value is -1.86. The lowest BCUT2D eigenvalue weighted by atomic mass is 10.1. The quantitative estimate of drug-likeness (QED) is 0.442. The van der Waals surface area contributed by atoms with E-state index in [4.69, 9.17) is 4.74 Å². The third kappa shape index (κ3) is 4.71. The molecule has 0 aromatic heterocycles. The third-order valence-corrected chi connectivity index (χ3v) is 5.40. The fourth-order valence-electron chi connectivity index (χ4n) is 3.02. The number of phenolic OH excluding ortho intramolecular Hbond substituents is 1. The van der Waals surface area contributed by atoms with Crippen molar-refractivity contribution in [1.29, 1.82) is 0 Å². The van der Waals surface area contributed by atoms with E-state index in [1.807, 2.05) is 6.07 Å². The van der Waals surface area contributed by atoms with Gasteiger partial charge in [-0.2, -0.15) is 0 Å². The normalized spacial score (nSPS) is 14.1. The van der Waals surface area contributed by atoms with Crippen LogP contribution in [0.25, 0.3) is 0 Å². The standard InChI is InChI=1S/C20H20Br2N2O3/c1-2-27-20(26)13-5-6-18(24-7-3-4-8-24)17(10-13)23-12-14-9-15(21)11-16(22)19(14)25/h5-6,9-12,25H,2-4,7-8H2,1H3. The SMILES string of the molecule is CCOC(=O)c1ccc(N2CCCC2)c(N=Cc2cc(Br)cc(Br)c2O)c1. The number of hydrogen-bond donors (Lipinski definition) is 1. The van der Waals surface area contributed by atoms with Crippen molar-refractivity contribution in [2.45, 2.75) is 19.8 Å². The van der Waals surface area contributed by atoms with Crippen molar-refractivity contribution in [2.75, 3.05) is 24.6 Å². The Morgan fingerprint density at radius 1 is 1.26 bits per heavy atom. The van der Waals surface area contributed by atoms with Crippen molar-refractivity contribution >= 4 is 55.4 Å². The number of aromatic hydroxyl groups is 1. The number of carbonyl (C=O) groups is 1. The molecule has 7 heteroatoms. The lowest BCUT2D eigenvalue weighted by Crippen LogP contribution is -2.18. The Bertz CT molecular complexity index is 878. The number of anilines is 1. The summed E-state index contributed by atoms with van der Waals surface area (Å²) in [7, 11) is 0. The highest BCUT2D eigenvalue weighted by Crippen LogP contribution is 2.34. The average molecular weight is 496 g/mol. The number of benzene rings is 2. The molecule has 0 aliphatic carbocycles. The fraction of sp³-hybridized carbons (Fsp3) is 0.300. The van der Waals surface area contributed by atoms with Crippen molar-refractivity contribution in [2.24, 2.45) is 4.99 Å². The van der Waals surface area contributed by atoms with E-state index in [9.17, 15) is 9.90 Å². The molecule has 1 aliphatic rings. The molecule has 2 aromatic carbocycles. The minimum absolute atomic E-state index is 0.117. The van der Waals surface area contributed by atoms with Gasteiger partial charge in [-0.25, -0.2) is 4.79 Å². The Labute approximate surface area is 175 Å². The van der Waals surface area contributed by atoms with Crippen LogP contribution in [0.3, 0.4) is 0 Å². The number of phenols is 1. The zero-order chi connectivity index (χ0) is 19.4. The Kier molecular flexibility index (Phi) is 6.55. The maximum atomic E-state index is 12.1. The first-order chi connectivity index (χ1) is 13.0. The number of aliphatic imine (C=N–C) groups is 1. The van der Waals surface area contributed by atoms with Gasteiger partial charge in [-0.3, -0.25) is 4.99 Å². The molecule has 1 fully saturated rings. The minimum atomic E-state index is -0.366. The highest BCUT2D eigenvalue weighted by atomic mass is 79.9. The van der Waals surface area contributed by atoms with Gasteiger partial charge in [-0.05, 0) is 66.0 Å². The summed E-state index contributed by atoms with van der Waals surface area (Å²) in [5, 5.41) is 10.3. The summed E-state index contributed by atoms with van der Waals surface area (Å²) < 4.78 is 6.51. The maximum absolute atomic E-state index is 12.1. The molecule has 0 saturated carbocycles. The van der Waals surface area contributed by atoms with Crippen LogP contribution in [-0.4, -0.2) is 37.0 Å². The van der Waals surface area contributed by atoms with Gasteiger partial charge in [0.05, 0.1) is 28.0 Å². The van der Waals surface area contributed by atoms with Gasteiger partial charge in [0.2, 0.25) is 0 Å². The largest absolute Gasteiger partial charge is 0.506 e. The maximum Gasteiger partial charge on any atom is 0.338 e. The second kappa shape index (κ2) is 8.89. The van der Waals surface area contributed by atoms with Crippen LogP contribution in [0.1, 0.15) is 35.7 Å². The molecule has 1 aliphatic heterocycles. The number of halogens is 2. The molecule has 0 radical (unpaired) electrons. The van der Waals surface area contributed by atoms with Crippen molar-refractivity contribution in [3.63, 3.8) is 0 Å². The first kappa shape index (κ1) is 19.9. The van der Waals surface area contributed by atoms with Crippen LogP contribution in [0.5, 0.6) is 5.75 Å². The monoisotopic (exact) mass is 494 g/mol. The smallest absolute Gasteiger partial charge is 0.338 e. The second-order valence-electron chi connectivity index (χ2n) is 6.20. The molecule has 1 heterocycles. The van der Waals surface area contributed by atoms with Crippen molar-refractivity contribution in [1.82, 2.24) is 0 Å². The number of esters is 1. The van der Waals surface area contributed by atoms with Gasteiger partial charge < -0.3 is 14.7 Å². The number of rotatable bonds is 5. The van der Waals surface area contributed by atoms with Gasteiger partial charge in [0, 0.05) is 29.3 Å². The van der Waals surface area contributed by atoms with Crippen molar-refractivity contribution in [3.8, 4) is 5.75 Å². The van der Waals surface area contributed by atoms with Crippen molar-refractivity contribution in [3.05, 3.63) is 50.4 Å². The summed E-state index contributed by atoms with van der Waals surface area (Å²) in [5.41, 5.74) is 2.69. The summed E-state index contributed by atoms with van der Waals surface area (Å²) >= 11 is 6.75. The van der Waals surface area contributed by atoms with Crippen LogP contribution in [0, 0.1) is 0 Å². The number of hydrogen-bond acceptors (Lipinski definition) is 5. The topological polar surface area (TPSA) is 62.1 Å². The Balaban J connectivity index is 2.00. The Morgan fingerprint density at radius 2 is 2.00 bits per heavy atom. The van der Waals surface area contributed by atoms with E-state index in [-0.39, 0.29) is 11.7 Å². The van der Waals surface area contributed by atoms with Crippen molar-refractivity contribution < 1.29 is 14.6 Å². The second-order valence-corrected chi connectivity index (χ2v) is 7.97. The van der Waals surface area contributed by atoms with Gasteiger partial charge in [-0.1, -0.05) is 15.9 Å². The number of carbonyl (C=O) groups excluding carboxylic acids is 1. The van der Waals surface area contributed by atoms with Crippen LogP contribution in [0.15, 0.2) is 44.3 Å². The molecule has 0 spiro atoms. The van der Waals surface area contributed by atoms with Gasteiger partial charge in [-0.15, -0.1) is 0 Å². The van der Waals surface area contributed by atoms with E-state index >= 15 is 0 Å². The molecule has 1 N–H and O–H groups in total. The van der Waals surface area contributed by atoms with E-state index in [2.05, 4.69) is 41.8 Å². The van der Waals surface area contributed by atoms with E-state index < -0.39 is 0 Å². The molecule has 0 atom stereocenters. The van der Waals surface area contributed by atoms with E-state index in [0.717, 1.165) is 36.1 Å². The van der Waals surface area contributed by atoms with E-state index in [0.29, 0.717) is 27.9 Å². The molecule has 5 nitrogen and oxygen atoms in total. The van der Waals surface area contributed by atoms with Gasteiger partial charge >= 0.3 is 5.97 Å². The predicted octanol–water partition coefficient (Wildman–Crippen LogP) is 5.44. The molecule has 2 aromatic rings. The highest BCUT2D eigenvalue weighted by molar-refractivity contribution is 9.11. The predicted molar refractivity (Wildman–Crippen MR) is 115 cm³/mol. The Morgan fingerprint density at radius 3 is 2.70 bits per heavy atom. The average Bonchev–Trinajstić information content (AvgIpc) is 3.18. The molecular weight excluding hydrogens is 476 g/mol. The molecule has 0 unspecified atom stereocenters. The van der Waals surface area contributed by atoms with Crippen LogP contribution in [0.4, 0.5) is 11.4 Å². The summed E-state index contributed by atoms with van der Waals surface area (Å²) in [5.74, 6) is -0.249. The summed E-state index contributed by atoms with van der Waals surface area (Å²) in [6, 6.07) is 8.99. The van der Waals surface area contributed by atoms with E-state index in [1.165, 1.54) is 0 Å². The molecule has 27 heavy (non-hydrogen) atoms. The lowest BCUT2D eigenvalue weighted by molar-refractivity contribution is 0.0526. The van der Waals surface area contributed by atoms with E-state index in [1.54, 1.807) is 37.4 Å². The molecule has 1 saturated heterocycles. The summed E-state index contributed by atoms with van der Waals surface area (Å²) in [6.45, 7) is 4.04. The molecule has 0 amide bonds. The van der Waals surface area contributed by atoms with Gasteiger partial charge in [0.15, 0.2) is 0 Å². The number of ether oxygens (including phenoxy) is 1. The van der Waals surface area contributed by atoms with Crippen LogP contribution >= 0.6 is 31.9 Å².